The Bertz CT molecular complexity index is 1720. The molecule has 9 nitrogen and oxygen atoms in total. The molecule has 0 amide bonds. The van der Waals surface area contributed by atoms with E-state index in [4.69, 9.17) is 18.3 Å². The van der Waals surface area contributed by atoms with E-state index < -0.39 is 5.63 Å². The van der Waals surface area contributed by atoms with Gasteiger partial charge in [-0.15, -0.1) is 0 Å². The maximum atomic E-state index is 12.4. The molecule has 0 radical (unpaired) electrons. The summed E-state index contributed by atoms with van der Waals surface area (Å²) in [6.45, 7) is 7.98. The first kappa shape index (κ1) is 23.9. The van der Waals surface area contributed by atoms with Gasteiger partial charge in [0, 0.05) is 86.3 Å². The Balaban J connectivity index is 1.13. The standard InChI is InChI=1S/C30H28N4O5/c1-19-30-22(12-25(39-30)24-14-29(35)38-26-15-28-27(13-23(24)26)36-18-37-28)21(16-32-19)17-34-10-8-33(9-11-34)7-4-20-2-5-31-6-3-20/h2-3,5-6,12-16H,4,7-11,17-18H2,1H3. The first-order chi connectivity index (χ1) is 19.1. The van der Waals surface area contributed by atoms with Crippen molar-refractivity contribution in [3.8, 4) is 22.8 Å². The molecule has 0 saturated carbocycles. The second-order valence-corrected chi connectivity index (χ2v) is 10.1. The summed E-state index contributed by atoms with van der Waals surface area (Å²) < 4.78 is 22.8. The van der Waals surface area contributed by atoms with Gasteiger partial charge in [-0.25, -0.2) is 4.79 Å². The number of nitrogens with zero attached hydrogens (tertiary/aromatic N) is 4. The molecule has 1 aromatic carbocycles. The third-order valence-electron chi connectivity index (χ3n) is 7.65. The topological polar surface area (TPSA) is 94.1 Å². The summed E-state index contributed by atoms with van der Waals surface area (Å²) in [5.41, 5.74) is 4.62. The molecule has 0 atom stereocenters. The van der Waals surface area contributed by atoms with Crippen LogP contribution in [0.3, 0.4) is 0 Å². The van der Waals surface area contributed by atoms with Gasteiger partial charge in [0.1, 0.15) is 11.3 Å². The maximum absolute atomic E-state index is 12.4. The molecule has 1 fully saturated rings. The lowest BCUT2D eigenvalue weighted by atomic mass is 10.1. The van der Waals surface area contributed by atoms with Gasteiger partial charge in [-0.05, 0) is 48.7 Å². The molecule has 0 N–H and O–H groups in total. The Morgan fingerprint density at radius 3 is 2.49 bits per heavy atom. The summed E-state index contributed by atoms with van der Waals surface area (Å²) >= 11 is 0. The van der Waals surface area contributed by atoms with Crippen LogP contribution in [0.5, 0.6) is 11.5 Å². The minimum absolute atomic E-state index is 0.142. The van der Waals surface area contributed by atoms with Crippen LogP contribution in [0.25, 0.3) is 33.3 Å². The fraction of sp³-hybridized carbons (Fsp3) is 0.300. The SMILES string of the molecule is Cc1ncc(CN2CCN(CCc3ccncc3)CC2)c2cc(-c3cc(=O)oc4cc5c(cc34)OCO5)oc12. The lowest BCUT2D eigenvalue weighted by Gasteiger charge is -2.34. The van der Waals surface area contributed by atoms with Crippen molar-refractivity contribution in [3.63, 3.8) is 0 Å². The fourth-order valence-electron chi connectivity index (χ4n) is 5.46. The molecule has 1 saturated heterocycles. The Hall–Kier alpha value is -4.21. The summed E-state index contributed by atoms with van der Waals surface area (Å²) in [5.74, 6) is 1.78. The fourth-order valence-corrected chi connectivity index (χ4v) is 5.46. The highest BCUT2D eigenvalue weighted by molar-refractivity contribution is 5.97. The number of aryl methyl sites for hydroxylation is 1. The molecular weight excluding hydrogens is 496 g/mol. The van der Waals surface area contributed by atoms with Crippen LogP contribution in [0, 0.1) is 6.92 Å². The summed E-state index contributed by atoms with van der Waals surface area (Å²) in [6.07, 6.45) is 6.70. The van der Waals surface area contributed by atoms with E-state index in [1.165, 1.54) is 11.6 Å². The maximum Gasteiger partial charge on any atom is 0.336 e. The predicted molar refractivity (Wildman–Crippen MR) is 146 cm³/mol. The largest absolute Gasteiger partial charge is 0.454 e. The van der Waals surface area contributed by atoms with E-state index in [2.05, 4.69) is 31.9 Å². The van der Waals surface area contributed by atoms with E-state index in [0.29, 0.717) is 28.4 Å². The molecule has 2 aliphatic rings. The van der Waals surface area contributed by atoms with E-state index in [0.717, 1.165) is 73.3 Å². The first-order valence-electron chi connectivity index (χ1n) is 13.2. The van der Waals surface area contributed by atoms with Gasteiger partial charge in [-0.1, -0.05) is 0 Å². The van der Waals surface area contributed by atoms with Crippen molar-refractivity contribution in [3.05, 3.63) is 82.2 Å². The van der Waals surface area contributed by atoms with E-state index in [9.17, 15) is 4.79 Å². The third kappa shape index (κ3) is 4.64. The third-order valence-corrected chi connectivity index (χ3v) is 7.65. The van der Waals surface area contributed by atoms with Gasteiger partial charge in [-0.3, -0.25) is 14.9 Å². The number of pyridine rings is 2. The second kappa shape index (κ2) is 9.83. The smallest absolute Gasteiger partial charge is 0.336 e. The Morgan fingerprint density at radius 2 is 1.67 bits per heavy atom. The molecule has 198 valence electrons. The molecule has 7 rings (SSSR count). The number of hydrogen-bond donors (Lipinski definition) is 0. The molecule has 39 heavy (non-hydrogen) atoms. The lowest BCUT2D eigenvalue weighted by Crippen LogP contribution is -2.46. The molecular formula is C30H28N4O5. The summed E-state index contributed by atoms with van der Waals surface area (Å²) in [6, 6.07) is 11.2. The van der Waals surface area contributed by atoms with Crippen LogP contribution in [-0.4, -0.2) is 59.3 Å². The zero-order chi connectivity index (χ0) is 26.3. The monoisotopic (exact) mass is 524 g/mol. The number of ether oxygens (including phenoxy) is 2. The molecule has 6 heterocycles. The molecule has 2 aliphatic heterocycles. The van der Waals surface area contributed by atoms with Crippen molar-refractivity contribution in [2.45, 2.75) is 19.9 Å². The van der Waals surface area contributed by atoms with Crippen molar-refractivity contribution in [2.24, 2.45) is 0 Å². The number of hydrogen-bond acceptors (Lipinski definition) is 9. The van der Waals surface area contributed by atoms with Crippen LogP contribution < -0.4 is 15.1 Å². The summed E-state index contributed by atoms with van der Waals surface area (Å²) in [7, 11) is 0. The number of fused-ring (bicyclic) bond motifs is 3. The molecule has 0 unspecified atom stereocenters. The van der Waals surface area contributed by atoms with Crippen LogP contribution in [-0.2, 0) is 13.0 Å². The van der Waals surface area contributed by atoms with Crippen molar-refractivity contribution < 1.29 is 18.3 Å². The lowest BCUT2D eigenvalue weighted by molar-refractivity contribution is 0.128. The Morgan fingerprint density at radius 1 is 0.897 bits per heavy atom. The highest BCUT2D eigenvalue weighted by Gasteiger charge is 2.22. The van der Waals surface area contributed by atoms with Gasteiger partial charge in [0.05, 0.1) is 5.69 Å². The van der Waals surface area contributed by atoms with Gasteiger partial charge < -0.3 is 23.2 Å². The van der Waals surface area contributed by atoms with Gasteiger partial charge in [-0.2, -0.15) is 0 Å². The average molecular weight is 525 g/mol. The normalized spacial score (nSPS) is 15.9. The quantitative estimate of drug-likeness (QED) is 0.300. The van der Waals surface area contributed by atoms with Crippen molar-refractivity contribution in [1.82, 2.24) is 19.8 Å². The molecule has 0 bridgehead atoms. The number of benzene rings is 1. The predicted octanol–water partition coefficient (Wildman–Crippen LogP) is 4.39. The van der Waals surface area contributed by atoms with E-state index >= 15 is 0 Å². The molecule has 5 aromatic rings. The highest BCUT2D eigenvalue weighted by Crippen LogP contribution is 2.40. The second-order valence-electron chi connectivity index (χ2n) is 10.1. The number of rotatable bonds is 6. The van der Waals surface area contributed by atoms with Crippen LogP contribution in [0.1, 0.15) is 16.8 Å². The Kier molecular flexibility index (Phi) is 6.02. The molecule has 0 aliphatic carbocycles. The molecule has 0 spiro atoms. The minimum atomic E-state index is -0.450. The van der Waals surface area contributed by atoms with Crippen molar-refractivity contribution in [2.75, 3.05) is 39.5 Å². The number of aromatic nitrogens is 2. The Labute approximate surface area is 224 Å². The number of piperazine rings is 1. The van der Waals surface area contributed by atoms with E-state index in [1.54, 1.807) is 6.07 Å². The van der Waals surface area contributed by atoms with Crippen molar-refractivity contribution >= 4 is 21.9 Å². The number of furan rings is 1. The summed E-state index contributed by atoms with van der Waals surface area (Å²) in [4.78, 5) is 26.2. The zero-order valence-corrected chi connectivity index (χ0v) is 21.7. The van der Waals surface area contributed by atoms with Gasteiger partial charge in [0.15, 0.2) is 17.1 Å². The minimum Gasteiger partial charge on any atom is -0.454 e. The van der Waals surface area contributed by atoms with Crippen LogP contribution in [0.15, 0.2) is 68.6 Å². The zero-order valence-electron chi connectivity index (χ0n) is 21.7. The van der Waals surface area contributed by atoms with Gasteiger partial charge in [0.2, 0.25) is 6.79 Å². The summed E-state index contributed by atoms with van der Waals surface area (Å²) in [5, 5.41) is 1.74. The van der Waals surface area contributed by atoms with Crippen LogP contribution in [0.2, 0.25) is 0 Å². The van der Waals surface area contributed by atoms with Gasteiger partial charge in [0.25, 0.3) is 0 Å². The first-order valence-corrected chi connectivity index (χ1v) is 13.2. The van der Waals surface area contributed by atoms with E-state index in [-0.39, 0.29) is 6.79 Å². The highest BCUT2D eigenvalue weighted by atomic mass is 16.7. The van der Waals surface area contributed by atoms with Gasteiger partial charge >= 0.3 is 5.63 Å². The van der Waals surface area contributed by atoms with Crippen LogP contribution in [0.4, 0.5) is 0 Å². The van der Waals surface area contributed by atoms with Crippen molar-refractivity contribution in [1.29, 1.82) is 0 Å². The molecule has 4 aromatic heterocycles. The van der Waals surface area contributed by atoms with E-state index in [1.807, 2.05) is 37.6 Å². The van der Waals surface area contributed by atoms with Crippen LogP contribution >= 0.6 is 0 Å². The average Bonchev–Trinajstić information content (AvgIpc) is 3.61. The molecule has 9 heteroatoms.